The summed E-state index contributed by atoms with van der Waals surface area (Å²) in [4.78, 5) is 16.6. The molecule has 1 aromatic heterocycles. The molecular formula is C17H20N4O4S. The van der Waals surface area contributed by atoms with E-state index in [1.807, 2.05) is 23.1 Å². The summed E-state index contributed by atoms with van der Waals surface area (Å²) in [5.41, 5.74) is 0.306. The highest BCUT2D eigenvalue weighted by Gasteiger charge is 2.28. The van der Waals surface area contributed by atoms with Gasteiger partial charge in [0.05, 0.1) is 15.5 Å². The number of nitro benzene ring substituents is 1. The van der Waals surface area contributed by atoms with Crippen molar-refractivity contribution >= 4 is 27.0 Å². The molecular weight excluding hydrogens is 356 g/mol. The highest BCUT2D eigenvalue weighted by atomic mass is 32.2. The van der Waals surface area contributed by atoms with Crippen molar-refractivity contribution in [3.05, 3.63) is 52.7 Å². The van der Waals surface area contributed by atoms with Crippen LogP contribution in [0.15, 0.2) is 47.5 Å². The number of pyridine rings is 1. The first-order chi connectivity index (χ1) is 12.3. The molecule has 1 aliphatic rings. The second kappa shape index (κ2) is 7.28. The molecule has 0 bridgehead atoms. The molecule has 2 heterocycles. The SMILES string of the molecule is CS(=O)(=O)c1cc([N+](=O)[O-])ccc1N1CCC(CNc2ccccn2)C1. The van der Waals surface area contributed by atoms with Crippen LogP contribution in [0.1, 0.15) is 6.42 Å². The first kappa shape index (κ1) is 18.1. The molecule has 0 spiro atoms. The van der Waals surface area contributed by atoms with Crippen LogP contribution in [0.5, 0.6) is 0 Å². The van der Waals surface area contributed by atoms with Gasteiger partial charge in [0.25, 0.3) is 5.69 Å². The largest absolute Gasteiger partial charge is 0.370 e. The number of sulfone groups is 1. The van der Waals surface area contributed by atoms with Crippen molar-refractivity contribution < 1.29 is 13.3 Å². The van der Waals surface area contributed by atoms with Gasteiger partial charge in [-0.3, -0.25) is 10.1 Å². The van der Waals surface area contributed by atoms with Crippen LogP contribution in [0.4, 0.5) is 17.2 Å². The summed E-state index contributed by atoms with van der Waals surface area (Å²) in [6.07, 6.45) is 3.70. The Hall–Kier alpha value is -2.68. The number of nitro groups is 1. The number of hydrogen-bond donors (Lipinski definition) is 1. The van der Waals surface area contributed by atoms with E-state index in [0.29, 0.717) is 24.7 Å². The van der Waals surface area contributed by atoms with E-state index in [0.717, 1.165) is 31.1 Å². The molecule has 3 rings (SSSR count). The normalized spacial score (nSPS) is 17.3. The number of anilines is 2. The number of hydrogen-bond acceptors (Lipinski definition) is 7. The number of aromatic nitrogens is 1. The molecule has 1 aromatic carbocycles. The second-order valence-electron chi connectivity index (χ2n) is 6.38. The van der Waals surface area contributed by atoms with E-state index in [2.05, 4.69) is 10.3 Å². The van der Waals surface area contributed by atoms with Gasteiger partial charge in [-0.15, -0.1) is 0 Å². The molecule has 2 aromatic rings. The van der Waals surface area contributed by atoms with E-state index in [9.17, 15) is 18.5 Å². The number of benzene rings is 1. The molecule has 26 heavy (non-hydrogen) atoms. The van der Waals surface area contributed by atoms with Gasteiger partial charge >= 0.3 is 0 Å². The standard InChI is InChI=1S/C17H20N4O4S/c1-26(24,25)16-10-14(21(22)23)5-6-15(16)20-9-7-13(12-20)11-19-17-4-2-3-8-18-17/h2-6,8,10,13H,7,9,11-12H2,1H3,(H,18,19). The van der Waals surface area contributed by atoms with E-state index in [-0.39, 0.29) is 10.6 Å². The van der Waals surface area contributed by atoms with Crippen molar-refractivity contribution in [2.45, 2.75) is 11.3 Å². The molecule has 0 radical (unpaired) electrons. The maximum Gasteiger partial charge on any atom is 0.270 e. The van der Waals surface area contributed by atoms with Gasteiger partial charge in [-0.05, 0) is 30.5 Å². The Morgan fingerprint density at radius 2 is 2.15 bits per heavy atom. The van der Waals surface area contributed by atoms with Gasteiger partial charge < -0.3 is 10.2 Å². The molecule has 1 aliphatic heterocycles. The van der Waals surface area contributed by atoms with Crippen LogP contribution in [0.25, 0.3) is 0 Å². The van der Waals surface area contributed by atoms with Crippen molar-refractivity contribution in [1.29, 1.82) is 0 Å². The van der Waals surface area contributed by atoms with E-state index in [1.54, 1.807) is 6.20 Å². The van der Waals surface area contributed by atoms with Gasteiger partial charge in [0.15, 0.2) is 9.84 Å². The lowest BCUT2D eigenvalue weighted by molar-refractivity contribution is -0.385. The number of rotatable bonds is 6. The van der Waals surface area contributed by atoms with E-state index in [4.69, 9.17) is 0 Å². The molecule has 138 valence electrons. The summed E-state index contributed by atoms with van der Waals surface area (Å²) < 4.78 is 24.2. The van der Waals surface area contributed by atoms with Crippen molar-refractivity contribution in [1.82, 2.24) is 4.98 Å². The van der Waals surface area contributed by atoms with Crippen molar-refractivity contribution in [3.63, 3.8) is 0 Å². The second-order valence-corrected chi connectivity index (χ2v) is 8.36. The smallest absolute Gasteiger partial charge is 0.270 e. The Bertz CT molecular complexity index is 902. The number of non-ortho nitro benzene ring substituents is 1. The third kappa shape index (κ3) is 4.10. The summed E-state index contributed by atoms with van der Waals surface area (Å²) in [5, 5.41) is 14.2. The highest BCUT2D eigenvalue weighted by molar-refractivity contribution is 7.90. The van der Waals surface area contributed by atoms with Crippen LogP contribution in [0, 0.1) is 16.0 Å². The minimum atomic E-state index is -3.57. The third-order valence-electron chi connectivity index (χ3n) is 4.42. The van der Waals surface area contributed by atoms with Crippen LogP contribution in [0.3, 0.4) is 0 Å². The molecule has 0 aliphatic carbocycles. The lowest BCUT2D eigenvalue weighted by atomic mass is 10.1. The zero-order valence-corrected chi connectivity index (χ0v) is 15.1. The number of nitrogens with zero attached hydrogens (tertiary/aromatic N) is 3. The summed E-state index contributed by atoms with van der Waals surface area (Å²) in [7, 11) is -3.57. The minimum absolute atomic E-state index is 0.00466. The van der Waals surface area contributed by atoms with Gasteiger partial charge in [-0.25, -0.2) is 13.4 Å². The minimum Gasteiger partial charge on any atom is -0.370 e. The molecule has 1 saturated heterocycles. The average molecular weight is 376 g/mol. The summed E-state index contributed by atoms with van der Waals surface area (Å²) >= 11 is 0. The van der Waals surface area contributed by atoms with Crippen LogP contribution >= 0.6 is 0 Å². The Labute approximate surface area is 151 Å². The fourth-order valence-corrected chi connectivity index (χ4v) is 4.02. The predicted octanol–water partition coefficient (Wildman–Crippen LogP) is 2.33. The molecule has 1 N–H and O–H groups in total. The Morgan fingerprint density at radius 3 is 2.81 bits per heavy atom. The van der Waals surface area contributed by atoms with Crippen LogP contribution in [-0.2, 0) is 9.84 Å². The molecule has 0 amide bonds. The third-order valence-corrected chi connectivity index (χ3v) is 5.54. The highest BCUT2D eigenvalue weighted by Crippen LogP contribution is 2.32. The quantitative estimate of drug-likeness (QED) is 0.609. The van der Waals surface area contributed by atoms with Gasteiger partial charge in [-0.1, -0.05) is 6.07 Å². The van der Waals surface area contributed by atoms with Crippen molar-refractivity contribution in [3.8, 4) is 0 Å². The average Bonchev–Trinajstić information content (AvgIpc) is 3.08. The van der Waals surface area contributed by atoms with E-state index >= 15 is 0 Å². The monoisotopic (exact) mass is 376 g/mol. The summed E-state index contributed by atoms with van der Waals surface area (Å²) in [5.74, 6) is 1.14. The maximum atomic E-state index is 12.1. The van der Waals surface area contributed by atoms with Gasteiger partial charge in [0.1, 0.15) is 5.82 Å². The van der Waals surface area contributed by atoms with Crippen molar-refractivity contribution in [2.75, 3.05) is 36.1 Å². The fourth-order valence-electron chi connectivity index (χ4n) is 3.11. The summed E-state index contributed by atoms with van der Waals surface area (Å²) in [6, 6.07) is 9.68. The van der Waals surface area contributed by atoms with Crippen LogP contribution in [-0.4, -0.2) is 44.2 Å². The molecule has 1 atom stereocenters. The van der Waals surface area contributed by atoms with E-state index < -0.39 is 14.8 Å². The van der Waals surface area contributed by atoms with E-state index in [1.165, 1.54) is 12.1 Å². The molecule has 1 fully saturated rings. The molecule has 0 saturated carbocycles. The first-order valence-corrected chi connectivity index (χ1v) is 10.1. The van der Waals surface area contributed by atoms with Crippen LogP contribution in [0.2, 0.25) is 0 Å². The lowest BCUT2D eigenvalue weighted by Gasteiger charge is -2.21. The fraction of sp³-hybridized carbons (Fsp3) is 0.353. The van der Waals surface area contributed by atoms with Crippen LogP contribution < -0.4 is 10.2 Å². The lowest BCUT2D eigenvalue weighted by Crippen LogP contribution is -2.24. The molecule has 8 nitrogen and oxygen atoms in total. The Kier molecular flexibility index (Phi) is 5.08. The molecule has 1 unspecified atom stereocenters. The Balaban J connectivity index is 1.75. The Morgan fingerprint density at radius 1 is 1.35 bits per heavy atom. The maximum absolute atomic E-state index is 12.1. The predicted molar refractivity (Wildman–Crippen MR) is 99.3 cm³/mol. The van der Waals surface area contributed by atoms with Gasteiger partial charge in [0.2, 0.25) is 0 Å². The van der Waals surface area contributed by atoms with Gasteiger partial charge in [-0.2, -0.15) is 0 Å². The zero-order valence-electron chi connectivity index (χ0n) is 14.3. The van der Waals surface area contributed by atoms with Crippen molar-refractivity contribution in [2.24, 2.45) is 5.92 Å². The zero-order chi connectivity index (χ0) is 18.7. The topological polar surface area (TPSA) is 105 Å². The summed E-state index contributed by atoms with van der Waals surface area (Å²) in [6.45, 7) is 2.11. The number of nitrogens with one attached hydrogen (secondary N) is 1. The van der Waals surface area contributed by atoms with Gasteiger partial charge in [0, 0.05) is 44.2 Å². The first-order valence-electron chi connectivity index (χ1n) is 8.23. The molecule has 9 heteroatoms.